The highest BCUT2D eigenvalue weighted by Gasteiger charge is 2.27. The second kappa shape index (κ2) is 8.68. The van der Waals surface area contributed by atoms with Crippen molar-refractivity contribution >= 4 is 25.7 Å². The maximum Gasteiger partial charge on any atom is 0.245 e. The largest absolute Gasteiger partial charge is 0.316 e. The molecular formula is C22H26N4O4S2. The number of nitrogens with one attached hydrogen (secondary N) is 1. The molecular weight excluding hydrogens is 448 g/mol. The minimum atomic E-state index is -3.97. The summed E-state index contributed by atoms with van der Waals surface area (Å²) in [5, 5.41) is 8.36. The predicted molar refractivity (Wildman–Crippen MR) is 126 cm³/mol. The second-order valence-corrected chi connectivity index (χ2v) is 11.8. The quantitative estimate of drug-likeness (QED) is 0.587. The van der Waals surface area contributed by atoms with Crippen LogP contribution < -0.4 is 9.03 Å². The van der Waals surface area contributed by atoms with Crippen LogP contribution >= 0.6 is 0 Å². The van der Waals surface area contributed by atoms with Gasteiger partial charge in [-0.15, -0.1) is 0 Å². The van der Waals surface area contributed by atoms with E-state index in [-0.39, 0.29) is 5.69 Å². The molecule has 170 valence electrons. The van der Waals surface area contributed by atoms with Crippen molar-refractivity contribution in [2.45, 2.75) is 19.4 Å². The van der Waals surface area contributed by atoms with E-state index in [2.05, 4.69) is 17.4 Å². The van der Waals surface area contributed by atoms with Crippen LogP contribution in [0.1, 0.15) is 16.8 Å². The van der Waals surface area contributed by atoms with Crippen molar-refractivity contribution in [3.05, 3.63) is 71.4 Å². The van der Waals surface area contributed by atoms with Crippen LogP contribution in [0.25, 0.3) is 11.3 Å². The number of benzene rings is 2. The summed E-state index contributed by atoms with van der Waals surface area (Å²) >= 11 is 0. The number of anilines is 1. The van der Waals surface area contributed by atoms with E-state index in [0.29, 0.717) is 10.3 Å². The van der Waals surface area contributed by atoms with Crippen LogP contribution in [0.4, 0.5) is 5.69 Å². The van der Waals surface area contributed by atoms with Crippen LogP contribution in [-0.4, -0.2) is 52.2 Å². The molecule has 2 aromatic carbocycles. The van der Waals surface area contributed by atoms with Gasteiger partial charge in [0, 0.05) is 29.8 Å². The number of nitrogens with zero attached hydrogens (tertiary/aromatic N) is 3. The molecule has 0 unspecified atom stereocenters. The first kappa shape index (κ1) is 22.5. The van der Waals surface area contributed by atoms with E-state index in [1.54, 1.807) is 12.1 Å². The van der Waals surface area contributed by atoms with Crippen molar-refractivity contribution in [2.75, 3.05) is 29.3 Å². The van der Waals surface area contributed by atoms with E-state index in [9.17, 15) is 16.8 Å². The molecule has 0 fully saturated rings. The van der Waals surface area contributed by atoms with Crippen LogP contribution in [0.15, 0.2) is 54.6 Å². The number of hydrogen-bond donors (Lipinski definition) is 1. The predicted octanol–water partition coefficient (Wildman–Crippen LogP) is 2.01. The van der Waals surface area contributed by atoms with Crippen LogP contribution in [0, 0.1) is 0 Å². The van der Waals surface area contributed by atoms with E-state index in [1.807, 2.05) is 22.9 Å². The van der Waals surface area contributed by atoms with Gasteiger partial charge in [0.15, 0.2) is 0 Å². The highest BCUT2D eigenvalue weighted by atomic mass is 32.3. The Balaban J connectivity index is 1.68. The minimum Gasteiger partial charge on any atom is -0.316 e. The van der Waals surface area contributed by atoms with Gasteiger partial charge < -0.3 is 5.32 Å². The number of hydrogen-bond acceptors (Lipinski definition) is 6. The lowest BCUT2D eigenvalue weighted by Gasteiger charge is -2.20. The van der Waals surface area contributed by atoms with Crippen molar-refractivity contribution in [3.63, 3.8) is 0 Å². The van der Waals surface area contributed by atoms with Gasteiger partial charge in [0.2, 0.25) is 20.0 Å². The summed E-state index contributed by atoms with van der Waals surface area (Å²) in [7, 11) is -7.94. The summed E-state index contributed by atoms with van der Waals surface area (Å²) in [5.74, 6) is 0. The van der Waals surface area contributed by atoms with Crippen LogP contribution in [-0.2, 0) is 39.4 Å². The molecule has 0 saturated carbocycles. The molecule has 32 heavy (non-hydrogen) atoms. The van der Waals surface area contributed by atoms with E-state index < -0.39 is 20.0 Å². The van der Waals surface area contributed by atoms with Crippen LogP contribution in [0.2, 0.25) is 0 Å². The fourth-order valence-corrected chi connectivity index (χ4v) is 7.08. The summed E-state index contributed by atoms with van der Waals surface area (Å²) in [4.78, 5) is 0. The summed E-state index contributed by atoms with van der Waals surface area (Å²) in [6, 6.07) is 16.6. The van der Waals surface area contributed by atoms with Gasteiger partial charge in [-0.2, -0.15) is 8.81 Å². The third kappa shape index (κ3) is 4.72. The summed E-state index contributed by atoms with van der Waals surface area (Å²) in [6.45, 7) is 2.29. The van der Waals surface area contributed by atoms with Gasteiger partial charge in [0.1, 0.15) is 0 Å². The van der Waals surface area contributed by atoms with Crippen molar-refractivity contribution in [2.24, 2.45) is 0 Å². The molecule has 0 bridgehead atoms. The lowest BCUT2D eigenvalue weighted by atomic mass is 10.0. The Hall–Kier alpha value is -2.69. The van der Waals surface area contributed by atoms with Crippen LogP contribution in [0.3, 0.4) is 0 Å². The maximum atomic E-state index is 12.0. The molecule has 10 heteroatoms. The zero-order chi connectivity index (χ0) is 22.9. The molecule has 0 aliphatic carbocycles. The highest BCUT2D eigenvalue weighted by molar-refractivity contribution is 8.09. The number of sulfonamides is 2. The first-order valence-electron chi connectivity index (χ1n) is 10.3. The van der Waals surface area contributed by atoms with Gasteiger partial charge in [0.05, 0.1) is 30.4 Å². The fourth-order valence-electron chi connectivity index (χ4n) is 4.11. The topological polar surface area (TPSA) is 101 Å². The zero-order valence-electron chi connectivity index (χ0n) is 18.0. The highest BCUT2D eigenvalue weighted by Crippen LogP contribution is 2.28. The average molecular weight is 475 g/mol. The molecule has 1 aliphatic rings. The number of fused-ring (bicyclic) bond motifs is 1. The molecule has 0 saturated heterocycles. The van der Waals surface area contributed by atoms with Crippen LogP contribution in [0.5, 0.6) is 0 Å². The van der Waals surface area contributed by atoms with Crippen molar-refractivity contribution < 1.29 is 16.8 Å². The monoisotopic (exact) mass is 474 g/mol. The second-order valence-electron chi connectivity index (χ2n) is 7.94. The first-order chi connectivity index (χ1) is 15.1. The average Bonchev–Trinajstić information content (AvgIpc) is 2.89. The Labute approximate surface area is 189 Å². The molecule has 0 radical (unpaired) electrons. The normalized spacial score (nSPS) is 14.6. The Bertz CT molecular complexity index is 1280. The van der Waals surface area contributed by atoms with Gasteiger partial charge in [-0.05, 0) is 30.7 Å². The molecule has 2 heterocycles. The van der Waals surface area contributed by atoms with E-state index in [0.717, 1.165) is 55.3 Å². The molecule has 0 spiro atoms. The fraction of sp³-hybridized carbons (Fsp3) is 0.318. The number of rotatable bonds is 6. The SMILES string of the molecule is CS(=O)(=O)N(c1ccc(Cn2nc(-c3ccccc3)c3c2CCNCC3)cc1)S(C)(=O)=O. The molecule has 3 aromatic rings. The standard InChI is InChI=1S/C22H26N4O4S2/c1-31(27,28)26(32(2,29)30)19-10-8-17(9-11-19)16-25-21-13-15-23-14-12-20(21)22(24-25)18-6-4-3-5-7-18/h3-11,23H,12-16H2,1-2H3. The molecule has 4 rings (SSSR count). The van der Waals surface area contributed by atoms with E-state index >= 15 is 0 Å². The lowest BCUT2D eigenvalue weighted by Crippen LogP contribution is -2.35. The van der Waals surface area contributed by atoms with Gasteiger partial charge >= 0.3 is 0 Å². The van der Waals surface area contributed by atoms with Gasteiger partial charge in [-0.3, -0.25) is 4.68 Å². The van der Waals surface area contributed by atoms with Gasteiger partial charge in [0.25, 0.3) is 0 Å². The Morgan fingerprint density at radius 1 is 0.906 bits per heavy atom. The Kier molecular flexibility index (Phi) is 6.11. The van der Waals surface area contributed by atoms with E-state index in [1.165, 1.54) is 23.4 Å². The molecule has 0 atom stereocenters. The minimum absolute atomic E-state index is 0.0900. The number of aromatic nitrogens is 2. The Morgan fingerprint density at radius 3 is 2.16 bits per heavy atom. The smallest absolute Gasteiger partial charge is 0.245 e. The maximum absolute atomic E-state index is 12.0. The van der Waals surface area contributed by atoms with Gasteiger partial charge in [-0.25, -0.2) is 16.8 Å². The van der Waals surface area contributed by atoms with Crippen molar-refractivity contribution in [3.8, 4) is 11.3 Å². The third-order valence-electron chi connectivity index (χ3n) is 5.39. The third-order valence-corrected chi connectivity index (χ3v) is 8.64. The lowest BCUT2D eigenvalue weighted by molar-refractivity contribution is 0.590. The van der Waals surface area contributed by atoms with E-state index in [4.69, 9.17) is 5.10 Å². The zero-order valence-corrected chi connectivity index (χ0v) is 19.7. The van der Waals surface area contributed by atoms with Crippen molar-refractivity contribution in [1.82, 2.24) is 15.1 Å². The molecule has 1 aromatic heterocycles. The van der Waals surface area contributed by atoms with Gasteiger partial charge in [-0.1, -0.05) is 42.5 Å². The van der Waals surface area contributed by atoms with Crippen molar-refractivity contribution in [1.29, 1.82) is 0 Å². The molecule has 1 aliphatic heterocycles. The summed E-state index contributed by atoms with van der Waals surface area (Å²) < 4.78 is 50.5. The summed E-state index contributed by atoms with van der Waals surface area (Å²) in [6.07, 6.45) is 3.51. The molecule has 0 amide bonds. The molecule has 1 N–H and O–H groups in total. The summed E-state index contributed by atoms with van der Waals surface area (Å²) in [5.41, 5.74) is 5.49. The Morgan fingerprint density at radius 2 is 1.53 bits per heavy atom. The molecule has 8 nitrogen and oxygen atoms in total. The first-order valence-corrected chi connectivity index (χ1v) is 14.0.